The molecule has 0 aromatic rings. The number of likely N-dealkylation sites (tertiary alicyclic amines) is 2. The van der Waals surface area contributed by atoms with Crippen LogP contribution in [0, 0.1) is 5.92 Å². The zero-order chi connectivity index (χ0) is 17.2. The lowest BCUT2D eigenvalue weighted by molar-refractivity contribution is -0.125. The Balaban J connectivity index is 1.90. The molecule has 23 heavy (non-hydrogen) atoms. The number of ether oxygens (including phenoxy) is 1. The molecule has 2 heterocycles. The predicted molar refractivity (Wildman–Crippen MR) is 84.9 cm³/mol. The quantitative estimate of drug-likeness (QED) is 0.850. The van der Waals surface area contributed by atoms with E-state index in [1.807, 2.05) is 0 Å². The summed E-state index contributed by atoms with van der Waals surface area (Å²) in [6.45, 7) is 7.71. The number of carbonyl (C=O) groups excluding carboxylic acids is 2. The Morgan fingerprint density at radius 2 is 2.00 bits per heavy atom. The summed E-state index contributed by atoms with van der Waals surface area (Å²) in [7, 11) is 2.05. The highest BCUT2D eigenvalue weighted by Crippen LogP contribution is 2.23. The van der Waals surface area contributed by atoms with Crippen LogP contribution in [0.2, 0.25) is 0 Å². The molecule has 2 rings (SSSR count). The Morgan fingerprint density at radius 3 is 2.57 bits per heavy atom. The second kappa shape index (κ2) is 7.03. The van der Waals surface area contributed by atoms with Crippen LogP contribution in [0.15, 0.2) is 0 Å². The fourth-order valence-corrected chi connectivity index (χ4v) is 3.11. The molecule has 2 aliphatic heterocycles. The maximum Gasteiger partial charge on any atom is 0.411 e. The Hall–Kier alpha value is -1.37. The predicted octanol–water partition coefficient (Wildman–Crippen LogP) is 1.40. The van der Waals surface area contributed by atoms with Crippen LogP contribution in [-0.2, 0) is 9.53 Å². The number of nitrogens with one attached hydrogen (secondary N) is 1. The van der Waals surface area contributed by atoms with Gasteiger partial charge in [-0.2, -0.15) is 0 Å². The highest BCUT2D eigenvalue weighted by molar-refractivity contribution is 5.86. The van der Waals surface area contributed by atoms with Gasteiger partial charge in [-0.15, -0.1) is 0 Å². The van der Waals surface area contributed by atoms with Crippen molar-refractivity contribution in [2.75, 3.05) is 33.2 Å². The largest absolute Gasteiger partial charge is 0.444 e. The lowest BCUT2D eigenvalue weighted by atomic mass is 10.1. The number of amides is 2. The van der Waals surface area contributed by atoms with Crippen molar-refractivity contribution in [2.45, 2.75) is 51.4 Å². The Bertz CT molecular complexity index is 452. The van der Waals surface area contributed by atoms with Gasteiger partial charge in [0.15, 0.2) is 0 Å². The number of nitrogens with zero attached hydrogens (tertiary/aromatic N) is 2. The first-order valence-corrected chi connectivity index (χ1v) is 8.25. The van der Waals surface area contributed by atoms with E-state index in [9.17, 15) is 14.0 Å². The second-order valence-electron chi connectivity index (χ2n) is 7.64. The normalized spacial score (nSPS) is 28.9. The topological polar surface area (TPSA) is 61.9 Å². The zero-order valence-corrected chi connectivity index (χ0v) is 14.5. The van der Waals surface area contributed by atoms with E-state index >= 15 is 0 Å². The van der Waals surface area contributed by atoms with Crippen molar-refractivity contribution in [1.82, 2.24) is 15.1 Å². The maximum absolute atomic E-state index is 13.7. The summed E-state index contributed by atoms with van der Waals surface area (Å²) in [6, 6.07) is -0.779. The van der Waals surface area contributed by atoms with Crippen LogP contribution in [0.5, 0.6) is 0 Å². The van der Waals surface area contributed by atoms with Gasteiger partial charge < -0.3 is 15.0 Å². The molecule has 132 valence electrons. The van der Waals surface area contributed by atoms with Crippen molar-refractivity contribution < 1.29 is 18.7 Å². The highest BCUT2D eigenvalue weighted by Gasteiger charge is 2.41. The standard InChI is InChI=1S/C16H28FN3O3/c1-16(2,3)23-15(22)20-10-12(17)7-13(20)14(21)18-8-11-5-6-19(4)9-11/h11-13H,5-10H2,1-4H3,(H,18,21)/t11?,12-,13+/m1/s1. The molecule has 2 aliphatic rings. The highest BCUT2D eigenvalue weighted by atomic mass is 19.1. The van der Waals surface area contributed by atoms with Gasteiger partial charge in [-0.1, -0.05) is 0 Å². The summed E-state index contributed by atoms with van der Waals surface area (Å²) in [6.07, 6.45) is -0.729. The van der Waals surface area contributed by atoms with E-state index in [1.54, 1.807) is 20.8 Å². The van der Waals surface area contributed by atoms with Crippen molar-refractivity contribution in [1.29, 1.82) is 0 Å². The minimum Gasteiger partial charge on any atom is -0.444 e. The Morgan fingerprint density at radius 1 is 1.30 bits per heavy atom. The summed E-state index contributed by atoms with van der Waals surface area (Å²) < 4.78 is 19.0. The van der Waals surface area contributed by atoms with E-state index < -0.39 is 23.9 Å². The SMILES string of the molecule is CN1CCC(CNC(=O)[C@@H]2C[C@@H](F)CN2C(=O)OC(C)(C)C)C1. The van der Waals surface area contributed by atoms with E-state index in [0.717, 1.165) is 19.5 Å². The summed E-state index contributed by atoms with van der Waals surface area (Å²) in [5, 5.41) is 2.87. The summed E-state index contributed by atoms with van der Waals surface area (Å²) in [5.74, 6) is 0.132. The first-order valence-electron chi connectivity index (χ1n) is 8.25. The molecular weight excluding hydrogens is 301 g/mol. The zero-order valence-electron chi connectivity index (χ0n) is 14.5. The second-order valence-corrected chi connectivity index (χ2v) is 7.64. The van der Waals surface area contributed by atoms with E-state index in [1.165, 1.54) is 4.90 Å². The van der Waals surface area contributed by atoms with Gasteiger partial charge in [0.1, 0.15) is 17.8 Å². The van der Waals surface area contributed by atoms with Gasteiger partial charge in [-0.05, 0) is 46.7 Å². The van der Waals surface area contributed by atoms with Gasteiger partial charge in [0.25, 0.3) is 0 Å². The van der Waals surface area contributed by atoms with Crippen LogP contribution in [0.3, 0.4) is 0 Å². The fourth-order valence-electron chi connectivity index (χ4n) is 3.11. The monoisotopic (exact) mass is 329 g/mol. The van der Waals surface area contributed by atoms with E-state index in [0.29, 0.717) is 12.5 Å². The third kappa shape index (κ3) is 5.06. The molecular formula is C16H28FN3O3. The molecule has 2 fully saturated rings. The van der Waals surface area contributed by atoms with Crippen LogP contribution >= 0.6 is 0 Å². The number of halogens is 1. The van der Waals surface area contributed by atoms with Crippen LogP contribution in [-0.4, -0.2) is 72.8 Å². The van der Waals surface area contributed by atoms with Gasteiger partial charge in [-0.25, -0.2) is 9.18 Å². The molecule has 0 spiro atoms. The number of rotatable bonds is 3. The first kappa shape index (κ1) is 18.0. The molecule has 7 heteroatoms. The van der Waals surface area contributed by atoms with Gasteiger partial charge in [0.2, 0.25) is 5.91 Å². The molecule has 0 radical (unpaired) electrons. The Labute approximate surface area is 137 Å². The number of carbonyl (C=O) groups is 2. The average molecular weight is 329 g/mol. The van der Waals surface area contributed by atoms with E-state index in [4.69, 9.17) is 4.74 Å². The van der Waals surface area contributed by atoms with Crippen LogP contribution in [0.4, 0.5) is 9.18 Å². The van der Waals surface area contributed by atoms with Crippen molar-refractivity contribution >= 4 is 12.0 Å². The fraction of sp³-hybridized carbons (Fsp3) is 0.875. The molecule has 1 N–H and O–H groups in total. The molecule has 2 amide bonds. The maximum atomic E-state index is 13.7. The molecule has 0 aliphatic carbocycles. The van der Waals surface area contributed by atoms with Crippen LogP contribution < -0.4 is 5.32 Å². The van der Waals surface area contributed by atoms with Crippen molar-refractivity contribution in [3.63, 3.8) is 0 Å². The Kier molecular flexibility index (Phi) is 5.49. The number of hydrogen-bond donors (Lipinski definition) is 1. The summed E-state index contributed by atoms with van der Waals surface area (Å²) in [5.41, 5.74) is -0.666. The summed E-state index contributed by atoms with van der Waals surface area (Å²) >= 11 is 0. The number of alkyl halides is 1. The average Bonchev–Trinajstić information content (AvgIpc) is 3.00. The van der Waals surface area contributed by atoms with E-state index in [-0.39, 0.29) is 18.9 Å². The van der Waals surface area contributed by atoms with Gasteiger partial charge in [0.05, 0.1) is 6.54 Å². The molecule has 1 unspecified atom stereocenters. The van der Waals surface area contributed by atoms with Crippen molar-refractivity contribution in [2.24, 2.45) is 5.92 Å². The summed E-state index contributed by atoms with van der Waals surface area (Å²) in [4.78, 5) is 28.0. The van der Waals surface area contributed by atoms with Crippen LogP contribution in [0.1, 0.15) is 33.6 Å². The minimum absolute atomic E-state index is 0.0373. The van der Waals surface area contributed by atoms with E-state index in [2.05, 4.69) is 17.3 Å². The molecule has 0 saturated carbocycles. The third-order valence-corrected chi connectivity index (χ3v) is 4.23. The molecule has 6 nitrogen and oxygen atoms in total. The van der Waals surface area contributed by atoms with Crippen LogP contribution in [0.25, 0.3) is 0 Å². The van der Waals surface area contributed by atoms with Gasteiger partial charge in [0, 0.05) is 19.5 Å². The smallest absolute Gasteiger partial charge is 0.411 e. The molecule has 0 aromatic carbocycles. The molecule has 3 atom stereocenters. The molecule has 0 aromatic heterocycles. The van der Waals surface area contributed by atoms with Gasteiger partial charge >= 0.3 is 6.09 Å². The van der Waals surface area contributed by atoms with Crippen molar-refractivity contribution in [3.8, 4) is 0 Å². The third-order valence-electron chi connectivity index (χ3n) is 4.23. The first-order chi connectivity index (χ1) is 10.7. The molecule has 0 bridgehead atoms. The minimum atomic E-state index is -1.18. The number of hydrogen-bond acceptors (Lipinski definition) is 4. The lowest BCUT2D eigenvalue weighted by Crippen LogP contribution is -2.48. The lowest BCUT2D eigenvalue weighted by Gasteiger charge is -2.28. The molecule has 2 saturated heterocycles. The van der Waals surface area contributed by atoms with Crippen molar-refractivity contribution in [3.05, 3.63) is 0 Å². The van der Waals surface area contributed by atoms with Gasteiger partial charge in [-0.3, -0.25) is 9.69 Å².